The highest BCUT2D eigenvalue weighted by Crippen LogP contribution is 2.29. The predicted molar refractivity (Wildman–Crippen MR) is 94.6 cm³/mol. The van der Waals surface area contributed by atoms with Crippen LogP contribution >= 0.6 is 11.8 Å². The average molecular weight is 330 g/mol. The van der Waals surface area contributed by atoms with E-state index in [0.717, 1.165) is 43.1 Å². The molecule has 1 saturated heterocycles. The van der Waals surface area contributed by atoms with Gasteiger partial charge in [-0.3, -0.25) is 0 Å². The molecule has 0 spiro atoms. The Morgan fingerprint density at radius 2 is 2.39 bits per heavy atom. The summed E-state index contributed by atoms with van der Waals surface area (Å²) in [5.74, 6) is 1.82. The van der Waals surface area contributed by atoms with Crippen molar-refractivity contribution in [2.75, 3.05) is 18.1 Å². The summed E-state index contributed by atoms with van der Waals surface area (Å²) in [6.07, 6.45) is 8.74. The predicted octanol–water partition coefficient (Wildman–Crippen LogP) is 4.03. The maximum Gasteiger partial charge on any atom is 0.322 e. The molecule has 0 unspecified atom stereocenters. The van der Waals surface area contributed by atoms with Gasteiger partial charge in [0.05, 0.1) is 6.04 Å². The van der Waals surface area contributed by atoms with Crippen molar-refractivity contribution in [1.29, 1.82) is 0 Å². The van der Waals surface area contributed by atoms with Crippen molar-refractivity contribution in [2.45, 2.75) is 31.1 Å². The Bertz CT molecular complexity index is 644. The Balaban J connectivity index is 1.72. The number of hydrogen-bond acceptors (Lipinski definition) is 3. The molecule has 2 N–H and O–H groups in total. The number of benzene rings is 1. The van der Waals surface area contributed by atoms with Gasteiger partial charge in [-0.05, 0) is 43.2 Å². The number of amides is 2. The lowest BCUT2D eigenvalue weighted by Gasteiger charge is -2.34. The molecule has 5 nitrogen and oxygen atoms in total. The van der Waals surface area contributed by atoms with Crippen molar-refractivity contribution in [3.8, 4) is 0 Å². The monoisotopic (exact) mass is 330 g/mol. The van der Waals surface area contributed by atoms with Crippen LogP contribution in [0.5, 0.6) is 0 Å². The number of piperidine rings is 1. The molecule has 23 heavy (non-hydrogen) atoms. The fourth-order valence-corrected chi connectivity index (χ4v) is 3.53. The Kier molecular flexibility index (Phi) is 5.23. The Morgan fingerprint density at radius 1 is 1.48 bits per heavy atom. The van der Waals surface area contributed by atoms with Crippen LogP contribution in [0.4, 0.5) is 10.5 Å². The van der Waals surface area contributed by atoms with Gasteiger partial charge >= 0.3 is 6.03 Å². The van der Waals surface area contributed by atoms with Crippen molar-refractivity contribution in [1.82, 2.24) is 14.9 Å². The van der Waals surface area contributed by atoms with E-state index < -0.39 is 0 Å². The van der Waals surface area contributed by atoms with Crippen molar-refractivity contribution in [2.24, 2.45) is 0 Å². The van der Waals surface area contributed by atoms with Crippen LogP contribution in [-0.2, 0) is 5.75 Å². The van der Waals surface area contributed by atoms with Crippen LogP contribution in [0.3, 0.4) is 0 Å². The first kappa shape index (κ1) is 15.9. The van der Waals surface area contributed by atoms with Gasteiger partial charge in [0.2, 0.25) is 0 Å². The summed E-state index contributed by atoms with van der Waals surface area (Å²) in [5, 5.41) is 3.04. The molecule has 2 aromatic rings. The molecule has 1 aliphatic rings. The number of thioether (sulfide) groups is 1. The van der Waals surface area contributed by atoms with Gasteiger partial charge in [-0.2, -0.15) is 11.8 Å². The van der Waals surface area contributed by atoms with Gasteiger partial charge in [0, 0.05) is 30.4 Å². The molecule has 2 heterocycles. The molecule has 0 aliphatic carbocycles. The molecule has 0 bridgehead atoms. The Morgan fingerprint density at radius 3 is 3.17 bits per heavy atom. The van der Waals surface area contributed by atoms with Crippen LogP contribution in [0.15, 0.2) is 36.7 Å². The van der Waals surface area contributed by atoms with Crippen molar-refractivity contribution in [3.63, 3.8) is 0 Å². The summed E-state index contributed by atoms with van der Waals surface area (Å²) < 4.78 is 0. The van der Waals surface area contributed by atoms with Gasteiger partial charge in [-0.25, -0.2) is 9.78 Å². The van der Waals surface area contributed by atoms with E-state index >= 15 is 0 Å². The number of H-pyrrole nitrogens is 1. The van der Waals surface area contributed by atoms with E-state index in [1.54, 1.807) is 18.0 Å². The average Bonchev–Trinajstić information content (AvgIpc) is 3.10. The highest BCUT2D eigenvalue weighted by atomic mass is 32.2. The van der Waals surface area contributed by atoms with Crippen molar-refractivity contribution >= 4 is 23.5 Å². The zero-order valence-electron chi connectivity index (χ0n) is 13.3. The second-order valence-corrected chi connectivity index (χ2v) is 6.61. The molecule has 2 amide bonds. The third kappa shape index (κ3) is 3.88. The maximum atomic E-state index is 12.7. The fraction of sp³-hybridized carbons (Fsp3) is 0.412. The van der Waals surface area contributed by atoms with E-state index in [1.807, 2.05) is 29.3 Å². The SMILES string of the molecule is CSCc1cccc(NC(=O)N2CCCC[C@@H]2c2ncc[nH]2)c1. The molecule has 0 radical (unpaired) electrons. The number of carbonyl (C=O) groups excluding carboxylic acids is 1. The number of carbonyl (C=O) groups is 1. The number of aromatic amines is 1. The van der Waals surface area contributed by atoms with Crippen molar-refractivity contribution < 1.29 is 4.79 Å². The van der Waals surface area contributed by atoms with Crippen LogP contribution in [-0.4, -0.2) is 33.7 Å². The molecule has 1 fully saturated rings. The van der Waals surface area contributed by atoms with Crippen LogP contribution < -0.4 is 5.32 Å². The first-order valence-corrected chi connectivity index (χ1v) is 9.32. The Hall–Kier alpha value is -1.95. The van der Waals surface area contributed by atoms with Gasteiger partial charge in [0.25, 0.3) is 0 Å². The molecular weight excluding hydrogens is 308 g/mol. The summed E-state index contributed by atoms with van der Waals surface area (Å²) in [6, 6.07) is 8.04. The fourth-order valence-electron chi connectivity index (χ4n) is 3.02. The number of anilines is 1. The lowest BCUT2D eigenvalue weighted by Crippen LogP contribution is -2.41. The molecule has 1 aliphatic heterocycles. The first-order valence-electron chi connectivity index (χ1n) is 7.92. The van der Waals surface area contributed by atoms with Gasteiger partial charge in [-0.15, -0.1) is 0 Å². The number of hydrogen-bond donors (Lipinski definition) is 2. The summed E-state index contributed by atoms with van der Waals surface area (Å²) in [5.41, 5.74) is 2.07. The van der Waals surface area contributed by atoms with Crippen LogP contribution in [0.1, 0.15) is 36.7 Å². The maximum absolute atomic E-state index is 12.7. The van der Waals surface area contributed by atoms with Gasteiger partial charge in [-0.1, -0.05) is 12.1 Å². The number of aromatic nitrogens is 2. The second-order valence-electron chi connectivity index (χ2n) is 5.74. The molecule has 0 saturated carbocycles. The van der Waals surface area contributed by atoms with E-state index in [1.165, 1.54) is 5.56 Å². The standard InChI is InChI=1S/C17H22N4OS/c1-23-12-13-5-4-6-14(11-13)20-17(22)21-10-3-2-7-15(21)16-18-8-9-19-16/h4-6,8-9,11,15H,2-3,7,10,12H2,1H3,(H,18,19)(H,20,22)/t15-/m1/s1. The van der Waals surface area contributed by atoms with Gasteiger partial charge in [0.1, 0.15) is 5.82 Å². The zero-order valence-corrected chi connectivity index (χ0v) is 14.1. The summed E-state index contributed by atoms with van der Waals surface area (Å²) >= 11 is 1.77. The molecule has 1 atom stereocenters. The third-order valence-corrected chi connectivity index (χ3v) is 4.71. The highest BCUT2D eigenvalue weighted by molar-refractivity contribution is 7.97. The normalized spacial score (nSPS) is 18.0. The van der Waals surface area contributed by atoms with Crippen LogP contribution in [0.25, 0.3) is 0 Å². The van der Waals surface area contributed by atoms with E-state index in [2.05, 4.69) is 27.6 Å². The number of imidazole rings is 1. The molecular formula is C17H22N4OS. The minimum atomic E-state index is -0.0487. The molecule has 122 valence electrons. The third-order valence-electron chi connectivity index (χ3n) is 4.09. The van der Waals surface area contributed by atoms with Gasteiger partial charge < -0.3 is 15.2 Å². The van der Waals surface area contributed by atoms with E-state index in [4.69, 9.17) is 0 Å². The van der Waals surface area contributed by atoms with Crippen molar-refractivity contribution in [3.05, 3.63) is 48.0 Å². The quantitative estimate of drug-likeness (QED) is 0.889. The lowest BCUT2D eigenvalue weighted by molar-refractivity contribution is 0.160. The van der Waals surface area contributed by atoms with Gasteiger partial charge in [0.15, 0.2) is 0 Å². The number of nitrogens with zero attached hydrogens (tertiary/aromatic N) is 2. The first-order chi connectivity index (χ1) is 11.3. The molecule has 1 aromatic heterocycles. The zero-order chi connectivity index (χ0) is 16.1. The summed E-state index contributed by atoms with van der Waals surface area (Å²) in [4.78, 5) is 22.1. The topological polar surface area (TPSA) is 61.0 Å². The van der Waals surface area contributed by atoms with E-state index in [-0.39, 0.29) is 12.1 Å². The summed E-state index contributed by atoms with van der Waals surface area (Å²) in [6.45, 7) is 0.766. The minimum Gasteiger partial charge on any atom is -0.347 e. The smallest absolute Gasteiger partial charge is 0.322 e. The lowest BCUT2D eigenvalue weighted by atomic mass is 10.0. The highest BCUT2D eigenvalue weighted by Gasteiger charge is 2.29. The largest absolute Gasteiger partial charge is 0.347 e. The van der Waals surface area contributed by atoms with Crippen LogP contribution in [0.2, 0.25) is 0 Å². The number of rotatable bonds is 4. The summed E-state index contributed by atoms with van der Waals surface area (Å²) in [7, 11) is 0. The number of nitrogens with one attached hydrogen (secondary N) is 2. The van der Waals surface area contributed by atoms with E-state index in [0.29, 0.717) is 0 Å². The second kappa shape index (κ2) is 7.55. The molecule has 1 aromatic carbocycles. The molecule has 3 rings (SSSR count). The van der Waals surface area contributed by atoms with Crippen LogP contribution in [0, 0.1) is 0 Å². The number of likely N-dealkylation sites (tertiary alicyclic amines) is 1. The molecule has 6 heteroatoms. The Labute approximate surface area is 140 Å². The van der Waals surface area contributed by atoms with E-state index in [9.17, 15) is 4.79 Å². The minimum absolute atomic E-state index is 0.0353. The number of urea groups is 1.